The number of carbonyl (C=O) groups is 2. The van der Waals surface area contributed by atoms with Crippen LogP contribution < -0.4 is 4.90 Å². The quantitative estimate of drug-likeness (QED) is 0.620. The van der Waals surface area contributed by atoms with Crippen LogP contribution in [0, 0.1) is 11.7 Å². The topological polar surface area (TPSA) is 76.2 Å². The maximum absolute atomic E-state index is 14.2. The van der Waals surface area contributed by atoms with Crippen LogP contribution in [-0.4, -0.2) is 83.9 Å². The Labute approximate surface area is 193 Å². The third-order valence-corrected chi connectivity index (χ3v) is 6.89. The first kappa shape index (κ1) is 24.8. The number of Topliss-reactive ketones (excluding diaryl/α,β-unsaturated/α-hetero) is 1. The van der Waals surface area contributed by atoms with E-state index in [4.69, 9.17) is 4.74 Å². The third kappa shape index (κ3) is 6.59. The second-order valence-corrected chi connectivity index (χ2v) is 10.9. The van der Waals surface area contributed by atoms with Crippen molar-refractivity contribution in [3.05, 3.63) is 24.0 Å². The van der Waals surface area contributed by atoms with Crippen LogP contribution in [0.15, 0.2) is 23.1 Å². The van der Waals surface area contributed by atoms with Gasteiger partial charge in [-0.3, -0.25) is 9.69 Å². The summed E-state index contributed by atoms with van der Waals surface area (Å²) < 4.78 is 31.1. The largest absolute Gasteiger partial charge is 0.612 e. The molecule has 0 radical (unpaired) electrons. The lowest BCUT2D eigenvalue weighted by Gasteiger charge is -2.37. The molecule has 2 heterocycles. The van der Waals surface area contributed by atoms with E-state index in [2.05, 4.69) is 9.80 Å². The van der Waals surface area contributed by atoms with E-state index in [0.717, 1.165) is 18.8 Å². The van der Waals surface area contributed by atoms with Crippen LogP contribution in [0.5, 0.6) is 0 Å². The Bertz CT molecular complexity index is 814. The van der Waals surface area contributed by atoms with Gasteiger partial charge in [-0.15, -0.1) is 0 Å². The number of likely N-dealkylation sites (tertiary alicyclic amines) is 1. The molecule has 2 aliphatic rings. The molecule has 1 unspecified atom stereocenters. The van der Waals surface area contributed by atoms with E-state index in [1.807, 2.05) is 20.8 Å². The van der Waals surface area contributed by atoms with Crippen molar-refractivity contribution in [3.8, 4) is 0 Å². The van der Waals surface area contributed by atoms with Crippen LogP contribution in [0.2, 0.25) is 0 Å². The molecule has 1 amide bonds. The molecule has 0 aliphatic carbocycles. The van der Waals surface area contributed by atoms with Gasteiger partial charge in [-0.25, -0.2) is 9.18 Å². The number of ketones is 1. The lowest BCUT2D eigenvalue weighted by Crippen LogP contribution is -2.49. The van der Waals surface area contributed by atoms with Gasteiger partial charge in [0.15, 0.2) is 10.7 Å². The van der Waals surface area contributed by atoms with E-state index in [1.54, 1.807) is 17.0 Å². The Morgan fingerprint density at radius 2 is 1.75 bits per heavy atom. The van der Waals surface area contributed by atoms with Crippen LogP contribution in [0.4, 0.5) is 14.9 Å². The third-order valence-electron chi connectivity index (χ3n) is 5.94. The zero-order valence-electron chi connectivity index (χ0n) is 19.4. The molecule has 2 fully saturated rings. The average molecular weight is 468 g/mol. The molecule has 178 valence electrons. The second-order valence-electron chi connectivity index (χ2n) is 9.54. The summed E-state index contributed by atoms with van der Waals surface area (Å²) in [5.74, 6) is -0.245. The molecule has 0 bridgehead atoms. The van der Waals surface area contributed by atoms with Crippen molar-refractivity contribution in [2.45, 2.75) is 44.1 Å². The van der Waals surface area contributed by atoms with E-state index in [-0.39, 0.29) is 22.7 Å². The second kappa shape index (κ2) is 10.4. The van der Waals surface area contributed by atoms with Crippen molar-refractivity contribution in [1.29, 1.82) is 0 Å². The van der Waals surface area contributed by atoms with Gasteiger partial charge in [0, 0.05) is 56.9 Å². The smallest absolute Gasteiger partial charge is 0.410 e. The molecule has 2 aliphatic heterocycles. The number of carbonyl (C=O) groups excluding carboxylic acids is 2. The van der Waals surface area contributed by atoms with Gasteiger partial charge in [0.05, 0.1) is 6.54 Å². The number of nitrogens with zero attached hydrogens (tertiary/aromatic N) is 3. The number of hydrogen-bond acceptors (Lipinski definition) is 6. The average Bonchev–Trinajstić information content (AvgIpc) is 2.73. The standard InChI is InChI=1S/C23H34FN3O4S/c1-23(2,3)31-22(29)27-9-7-17(8-10-27)20(28)16-25-11-13-26(14-12-25)18-5-6-21(32(4)30)19(24)15-18/h5-6,15,17H,7-14,16H2,1-4H3. The first-order chi connectivity index (χ1) is 15.0. The predicted molar refractivity (Wildman–Crippen MR) is 123 cm³/mol. The molecule has 32 heavy (non-hydrogen) atoms. The van der Waals surface area contributed by atoms with Gasteiger partial charge in [0.25, 0.3) is 0 Å². The van der Waals surface area contributed by atoms with E-state index >= 15 is 0 Å². The number of ether oxygens (including phenoxy) is 1. The molecule has 0 N–H and O–H groups in total. The number of benzene rings is 1. The SMILES string of the molecule is C[S+]([O-])c1ccc(N2CCN(CC(=O)C3CCN(C(=O)OC(C)(C)C)CC3)CC2)cc1F. The van der Waals surface area contributed by atoms with Crippen molar-refractivity contribution < 1.29 is 23.3 Å². The van der Waals surface area contributed by atoms with Gasteiger partial charge in [-0.2, -0.15) is 0 Å². The first-order valence-corrected chi connectivity index (χ1v) is 12.7. The van der Waals surface area contributed by atoms with Crippen molar-refractivity contribution in [2.24, 2.45) is 5.92 Å². The zero-order chi connectivity index (χ0) is 23.5. The van der Waals surface area contributed by atoms with Crippen LogP contribution in [0.25, 0.3) is 0 Å². The number of amides is 1. The fourth-order valence-electron chi connectivity index (χ4n) is 4.14. The minimum atomic E-state index is -1.35. The molecule has 1 aromatic rings. The Kier molecular flexibility index (Phi) is 8.06. The summed E-state index contributed by atoms with van der Waals surface area (Å²) in [6.07, 6.45) is 2.49. The van der Waals surface area contributed by atoms with Gasteiger partial charge in [0.2, 0.25) is 0 Å². The Morgan fingerprint density at radius 1 is 1.12 bits per heavy atom. The molecular weight excluding hydrogens is 433 g/mol. The molecule has 9 heteroatoms. The van der Waals surface area contributed by atoms with E-state index in [0.29, 0.717) is 45.6 Å². The maximum Gasteiger partial charge on any atom is 0.410 e. The van der Waals surface area contributed by atoms with E-state index < -0.39 is 22.6 Å². The van der Waals surface area contributed by atoms with Crippen molar-refractivity contribution in [2.75, 3.05) is 57.0 Å². The molecule has 0 saturated carbocycles. The summed E-state index contributed by atoms with van der Waals surface area (Å²) in [5.41, 5.74) is 0.256. The van der Waals surface area contributed by atoms with Gasteiger partial charge >= 0.3 is 6.09 Å². The van der Waals surface area contributed by atoms with E-state index in [1.165, 1.54) is 12.3 Å². The first-order valence-electron chi connectivity index (χ1n) is 11.1. The van der Waals surface area contributed by atoms with Crippen LogP contribution >= 0.6 is 0 Å². The summed E-state index contributed by atoms with van der Waals surface area (Å²) in [4.78, 5) is 31.1. The number of piperidine rings is 1. The lowest BCUT2D eigenvalue weighted by atomic mass is 9.92. The van der Waals surface area contributed by atoms with Gasteiger partial charge in [-0.05, 0) is 56.9 Å². The van der Waals surface area contributed by atoms with Crippen molar-refractivity contribution in [1.82, 2.24) is 9.80 Å². The molecule has 7 nitrogen and oxygen atoms in total. The number of rotatable bonds is 5. The fourth-order valence-corrected chi connectivity index (χ4v) is 4.74. The molecule has 1 aromatic carbocycles. The summed E-state index contributed by atoms with van der Waals surface area (Å²) in [5, 5.41) is 0. The molecule has 1 atom stereocenters. The highest BCUT2D eigenvalue weighted by Crippen LogP contribution is 2.24. The van der Waals surface area contributed by atoms with Gasteiger partial charge in [0.1, 0.15) is 17.6 Å². The monoisotopic (exact) mass is 467 g/mol. The predicted octanol–water partition coefficient (Wildman–Crippen LogP) is 2.90. The molecule has 2 saturated heterocycles. The normalized spacial score (nSPS) is 19.7. The lowest BCUT2D eigenvalue weighted by molar-refractivity contribution is -0.125. The highest BCUT2D eigenvalue weighted by Gasteiger charge is 2.31. The highest BCUT2D eigenvalue weighted by atomic mass is 32.2. The minimum Gasteiger partial charge on any atom is -0.612 e. The Balaban J connectivity index is 1.43. The zero-order valence-corrected chi connectivity index (χ0v) is 20.3. The number of hydrogen-bond donors (Lipinski definition) is 0. The number of halogens is 1. The minimum absolute atomic E-state index is 0.0247. The van der Waals surface area contributed by atoms with E-state index in [9.17, 15) is 18.5 Å². The summed E-state index contributed by atoms with van der Waals surface area (Å²) in [6, 6.07) is 4.83. The van der Waals surface area contributed by atoms with Gasteiger partial charge in [-0.1, -0.05) is 0 Å². The van der Waals surface area contributed by atoms with Crippen molar-refractivity contribution in [3.63, 3.8) is 0 Å². The molecular formula is C23H34FN3O4S. The Hall–Kier alpha value is -1.84. The van der Waals surface area contributed by atoms with Crippen LogP contribution in [0.1, 0.15) is 33.6 Å². The highest BCUT2D eigenvalue weighted by molar-refractivity contribution is 7.90. The summed E-state index contributed by atoms with van der Waals surface area (Å²) >= 11 is -1.35. The Morgan fingerprint density at radius 3 is 2.28 bits per heavy atom. The van der Waals surface area contributed by atoms with Crippen LogP contribution in [0.3, 0.4) is 0 Å². The molecule has 0 aromatic heterocycles. The number of anilines is 1. The molecule has 0 spiro atoms. The maximum atomic E-state index is 14.2. The fraction of sp³-hybridized carbons (Fsp3) is 0.652. The van der Waals surface area contributed by atoms with Crippen molar-refractivity contribution >= 4 is 28.7 Å². The number of piperazine rings is 1. The molecule has 3 rings (SSSR count). The van der Waals surface area contributed by atoms with Crippen LogP contribution in [-0.2, 0) is 20.7 Å². The summed E-state index contributed by atoms with van der Waals surface area (Å²) in [6.45, 7) is 9.91. The van der Waals surface area contributed by atoms with Gasteiger partial charge < -0.3 is 19.1 Å². The summed E-state index contributed by atoms with van der Waals surface area (Å²) in [7, 11) is 0.